The van der Waals surface area contributed by atoms with Crippen LogP contribution in [0.1, 0.15) is 0 Å². The van der Waals surface area contributed by atoms with Crippen LogP contribution in [-0.2, 0) is 0 Å². The maximum atomic E-state index is 12.7. The molecule has 0 radical (unpaired) electrons. The molecule has 1 aromatic heterocycles. The molecule has 0 N–H and O–H groups in total. The van der Waals surface area contributed by atoms with Crippen LogP contribution >= 0.6 is 15.9 Å². The maximum Gasteiger partial charge on any atom is 0.273 e. The van der Waals surface area contributed by atoms with Gasteiger partial charge in [0.15, 0.2) is 0 Å². The van der Waals surface area contributed by atoms with E-state index in [9.17, 15) is 9.18 Å². The molecule has 5 heteroatoms. The molecule has 0 spiro atoms. The molecule has 0 saturated heterocycles. The average Bonchev–Trinajstić information content (AvgIpc) is 2.23. The summed E-state index contributed by atoms with van der Waals surface area (Å²) >= 11 is 3.16. The Kier molecular flexibility index (Phi) is 2.64. The maximum absolute atomic E-state index is 12.7. The molecule has 3 nitrogen and oxygen atoms in total. The van der Waals surface area contributed by atoms with Gasteiger partial charge in [0.05, 0.1) is 6.20 Å². The molecular formula is C10H6BrFN2O. The van der Waals surface area contributed by atoms with Crippen molar-refractivity contribution in [3.05, 3.63) is 57.4 Å². The number of aromatic nitrogens is 2. The van der Waals surface area contributed by atoms with Crippen LogP contribution in [0.15, 0.2) is 46.1 Å². The van der Waals surface area contributed by atoms with E-state index in [-0.39, 0.29) is 11.4 Å². The topological polar surface area (TPSA) is 34.9 Å². The fraction of sp³-hybridized carbons (Fsp3) is 0. The van der Waals surface area contributed by atoms with Crippen molar-refractivity contribution in [2.24, 2.45) is 0 Å². The lowest BCUT2D eigenvalue weighted by Gasteiger charge is -2.04. The minimum absolute atomic E-state index is 0.259. The summed E-state index contributed by atoms with van der Waals surface area (Å²) in [5.74, 6) is -0.333. The van der Waals surface area contributed by atoms with Gasteiger partial charge >= 0.3 is 0 Å². The highest BCUT2D eigenvalue weighted by atomic mass is 79.9. The third kappa shape index (κ3) is 2.12. The number of hydrogen-bond donors (Lipinski definition) is 0. The van der Waals surface area contributed by atoms with Gasteiger partial charge in [0.2, 0.25) is 0 Å². The second-order valence-electron chi connectivity index (χ2n) is 2.89. The van der Waals surface area contributed by atoms with Gasteiger partial charge in [-0.05, 0) is 40.2 Å². The van der Waals surface area contributed by atoms with Crippen molar-refractivity contribution < 1.29 is 4.39 Å². The van der Waals surface area contributed by atoms with Gasteiger partial charge < -0.3 is 0 Å². The van der Waals surface area contributed by atoms with E-state index in [1.807, 2.05) is 0 Å². The molecule has 0 aliphatic rings. The molecule has 2 aromatic rings. The molecule has 0 atom stereocenters. The number of rotatable bonds is 1. The summed E-state index contributed by atoms with van der Waals surface area (Å²) in [5.41, 5.74) is 0.342. The van der Waals surface area contributed by atoms with Crippen molar-refractivity contribution in [2.45, 2.75) is 0 Å². The highest BCUT2D eigenvalue weighted by Crippen LogP contribution is 2.09. The van der Waals surface area contributed by atoms with Crippen LogP contribution in [0.25, 0.3) is 5.69 Å². The summed E-state index contributed by atoms with van der Waals surface area (Å²) in [6.07, 6.45) is 2.74. The van der Waals surface area contributed by atoms with Crippen molar-refractivity contribution in [3.63, 3.8) is 0 Å². The van der Waals surface area contributed by atoms with Crippen molar-refractivity contribution in [2.75, 3.05) is 0 Å². The van der Waals surface area contributed by atoms with E-state index in [1.165, 1.54) is 41.2 Å². The lowest BCUT2D eigenvalue weighted by molar-refractivity contribution is 0.627. The first-order valence-corrected chi connectivity index (χ1v) is 4.96. The predicted octanol–water partition coefficient (Wildman–Crippen LogP) is 2.13. The predicted molar refractivity (Wildman–Crippen MR) is 57.5 cm³/mol. The fourth-order valence-electron chi connectivity index (χ4n) is 1.19. The van der Waals surface area contributed by atoms with Crippen LogP contribution in [-0.4, -0.2) is 9.55 Å². The van der Waals surface area contributed by atoms with Gasteiger partial charge in [0, 0.05) is 11.9 Å². The third-order valence-electron chi connectivity index (χ3n) is 1.88. The van der Waals surface area contributed by atoms with Crippen LogP contribution in [0.3, 0.4) is 0 Å². The molecule has 0 aliphatic carbocycles. The zero-order chi connectivity index (χ0) is 10.8. The van der Waals surface area contributed by atoms with Crippen LogP contribution in [0.5, 0.6) is 0 Å². The Balaban J connectivity index is 2.58. The first kappa shape index (κ1) is 10.0. The highest BCUT2D eigenvalue weighted by Gasteiger charge is 2.00. The van der Waals surface area contributed by atoms with Crippen LogP contribution in [0.4, 0.5) is 4.39 Å². The Bertz CT molecular complexity index is 536. The molecule has 1 aromatic carbocycles. The quantitative estimate of drug-likeness (QED) is 0.794. The monoisotopic (exact) mass is 268 g/mol. The summed E-state index contributed by atoms with van der Waals surface area (Å²) < 4.78 is 14.6. The Morgan fingerprint density at radius 2 is 1.93 bits per heavy atom. The smallest absolute Gasteiger partial charge is 0.273 e. The number of hydrogen-bond acceptors (Lipinski definition) is 2. The number of benzene rings is 1. The second-order valence-corrected chi connectivity index (χ2v) is 3.71. The Morgan fingerprint density at radius 1 is 1.27 bits per heavy atom. The second kappa shape index (κ2) is 3.94. The summed E-state index contributed by atoms with van der Waals surface area (Å²) in [7, 11) is 0. The zero-order valence-electron chi connectivity index (χ0n) is 7.52. The van der Waals surface area contributed by atoms with Gasteiger partial charge in [-0.15, -0.1) is 0 Å². The molecule has 0 bridgehead atoms. The molecule has 0 amide bonds. The highest BCUT2D eigenvalue weighted by molar-refractivity contribution is 9.10. The van der Waals surface area contributed by atoms with Gasteiger partial charge in [-0.2, -0.15) is 0 Å². The van der Waals surface area contributed by atoms with Crippen LogP contribution < -0.4 is 5.56 Å². The minimum atomic E-state index is -0.333. The molecule has 0 unspecified atom stereocenters. The number of nitrogens with zero attached hydrogens (tertiary/aromatic N) is 2. The molecule has 15 heavy (non-hydrogen) atoms. The minimum Gasteiger partial charge on any atom is -0.280 e. The molecule has 1 heterocycles. The van der Waals surface area contributed by atoms with Crippen LogP contribution in [0.2, 0.25) is 0 Å². The van der Waals surface area contributed by atoms with Crippen molar-refractivity contribution in [1.29, 1.82) is 0 Å². The molecule has 0 fully saturated rings. The average molecular weight is 269 g/mol. The normalized spacial score (nSPS) is 10.3. The van der Waals surface area contributed by atoms with Crippen molar-refractivity contribution in [1.82, 2.24) is 9.55 Å². The third-order valence-corrected chi connectivity index (χ3v) is 2.29. The van der Waals surface area contributed by atoms with E-state index in [0.29, 0.717) is 10.3 Å². The van der Waals surface area contributed by atoms with E-state index >= 15 is 0 Å². The number of halogens is 2. The Labute approximate surface area is 93.3 Å². The summed E-state index contributed by atoms with van der Waals surface area (Å²) in [6.45, 7) is 0. The molecule has 2 rings (SSSR count). The van der Waals surface area contributed by atoms with E-state index in [2.05, 4.69) is 20.9 Å². The first-order valence-electron chi connectivity index (χ1n) is 4.17. The molecule has 0 aliphatic heterocycles. The summed E-state index contributed by atoms with van der Waals surface area (Å²) in [4.78, 5) is 15.2. The fourth-order valence-corrected chi connectivity index (χ4v) is 1.49. The van der Waals surface area contributed by atoms with E-state index < -0.39 is 0 Å². The van der Waals surface area contributed by atoms with Gasteiger partial charge in [0.25, 0.3) is 5.56 Å². The van der Waals surface area contributed by atoms with Crippen molar-refractivity contribution in [3.8, 4) is 5.69 Å². The van der Waals surface area contributed by atoms with Crippen LogP contribution in [0, 0.1) is 5.82 Å². The molecule has 0 saturated carbocycles. The zero-order valence-corrected chi connectivity index (χ0v) is 9.11. The molecule has 76 valence electrons. The van der Waals surface area contributed by atoms with E-state index in [0.717, 1.165) is 0 Å². The van der Waals surface area contributed by atoms with Crippen molar-refractivity contribution >= 4 is 15.9 Å². The lowest BCUT2D eigenvalue weighted by Crippen LogP contribution is -2.17. The van der Waals surface area contributed by atoms with E-state index in [1.54, 1.807) is 0 Å². The summed E-state index contributed by atoms with van der Waals surface area (Å²) in [5, 5.41) is 0. The largest absolute Gasteiger partial charge is 0.280 e. The summed E-state index contributed by atoms with van der Waals surface area (Å²) in [6, 6.07) is 5.67. The van der Waals surface area contributed by atoms with E-state index in [4.69, 9.17) is 0 Å². The van der Waals surface area contributed by atoms with Gasteiger partial charge in [-0.25, -0.2) is 9.37 Å². The van der Waals surface area contributed by atoms with Gasteiger partial charge in [-0.3, -0.25) is 9.36 Å². The van der Waals surface area contributed by atoms with Gasteiger partial charge in [-0.1, -0.05) is 0 Å². The van der Waals surface area contributed by atoms with Gasteiger partial charge in [0.1, 0.15) is 10.4 Å². The standard InChI is InChI=1S/C10H6BrFN2O/c11-9-6-14(10(15)5-13-9)8-3-1-7(12)2-4-8/h1-6H. The SMILES string of the molecule is O=c1cnc(Br)cn1-c1ccc(F)cc1. The first-order chi connectivity index (χ1) is 7.16. The Morgan fingerprint density at radius 3 is 2.60 bits per heavy atom. The molecular weight excluding hydrogens is 263 g/mol. The Hall–Kier alpha value is -1.49. The lowest BCUT2D eigenvalue weighted by atomic mass is 10.3.